The number of hydrogen-bond donors (Lipinski definition) is 2. The summed E-state index contributed by atoms with van der Waals surface area (Å²) in [4.78, 5) is 35.6. The average Bonchev–Trinajstić information content (AvgIpc) is 3.26. The summed E-state index contributed by atoms with van der Waals surface area (Å²) in [5, 5.41) is 16.1. The van der Waals surface area contributed by atoms with Crippen LogP contribution in [0.1, 0.15) is 27.2 Å². The predicted octanol–water partition coefficient (Wildman–Crippen LogP) is 3.58. The molecule has 1 aromatic heterocycles. The second kappa shape index (κ2) is 9.33. The molecule has 0 saturated heterocycles. The van der Waals surface area contributed by atoms with E-state index in [1.807, 2.05) is 6.92 Å². The van der Waals surface area contributed by atoms with Crippen LogP contribution in [0.3, 0.4) is 0 Å². The Morgan fingerprint density at radius 3 is 2.37 bits per heavy atom. The summed E-state index contributed by atoms with van der Waals surface area (Å²) < 4.78 is 5.19. The standard InChI is InChI=1S/C22H19N3O5/c1-15-4-8-17(9-5-15)21(26)24-20(22(27)23-14-19-3-2-12-30-19)13-16-6-10-18(11-7-16)25(28)29/h2-13H,14H2,1H3,(H,23,27)(H,24,26). The van der Waals surface area contributed by atoms with Crippen molar-refractivity contribution in [3.8, 4) is 0 Å². The van der Waals surface area contributed by atoms with Crippen LogP contribution in [0, 0.1) is 17.0 Å². The summed E-state index contributed by atoms with van der Waals surface area (Å²) in [6, 6.07) is 16.0. The number of nitro benzene ring substituents is 1. The molecule has 0 spiro atoms. The highest BCUT2D eigenvalue weighted by Crippen LogP contribution is 2.14. The summed E-state index contributed by atoms with van der Waals surface area (Å²) in [5.41, 5.74) is 1.85. The van der Waals surface area contributed by atoms with Gasteiger partial charge in [0.25, 0.3) is 17.5 Å². The predicted molar refractivity (Wildman–Crippen MR) is 110 cm³/mol. The molecular weight excluding hydrogens is 386 g/mol. The monoisotopic (exact) mass is 405 g/mol. The van der Waals surface area contributed by atoms with Gasteiger partial charge in [-0.1, -0.05) is 17.7 Å². The number of nitro groups is 1. The largest absolute Gasteiger partial charge is 0.467 e. The Morgan fingerprint density at radius 2 is 1.77 bits per heavy atom. The fourth-order valence-electron chi connectivity index (χ4n) is 2.59. The lowest BCUT2D eigenvalue weighted by molar-refractivity contribution is -0.384. The Kier molecular flexibility index (Phi) is 6.39. The van der Waals surface area contributed by atoms with Gasteiger partial charge in [0.1, 0.15) is 11.5 Å². The van der Waals surface area contributed by atoms with E-state index >= 15 is 0 Å². The molecule has 3 aromatic rings. The van der Waals surface area contributed by atoms with Crippen LogP contribution in [0.25, 0.3) is 6.08 Å². The van der Waals surface area contributed by atoms with Gasteiger partial charge in [-0.15, -0.1) is 0 Å². The molecule has 0 bridgehead atoms. The SMILES string of the molecule is Cc1ccc(C(=O)NC(=Cc2ccc([N+](=O)[O-])cc2)C(=O)NCc2ccco2)cc1. The van der Waals surface area contributed by atoms with Crippen LogP contribution in [0.5, 0.6) is 0 Å². The van der Waals surface area contributed by atoms with Crippen molar-refractivity contribution in [3.63, 3.8) is 0 Å². The zero-order valence-electron chi connectivity index (χ0n) is 16.1. The first-order chi connectivity index (χ1) is 14.4. The third-order valence-corrected chi connectivity index (χ3v) is 4.22. The highest BCUT2D eigenvalue weighted by molar-refractivity contribution is 6.05. The minimum absolute atomic E-state index is 0.000911. The summed E-state index contributed by atoms with van der Waals surface area (Å²) in [6.07, 6.45) is 2.95. The third kappa shape index (κ3) is 5.41. The van der Waals surface area contributed by atoms with E-state index in [1.54, 1.807) is 36.4 Å². The first kappa shape index (κ1) is 20.5. The lowest BCUT2D eigenvalue weighted by atomic mass is 10.1. The Balaban J connectivity index is 1.82. The van der Waals surface area contributed by atoms with Gasteiger partial charge < -0.3 is 15.1 Å². The summed E-state index contributed by atoms with van der Waals surface area (Å²) in [7, 11) is 0. The Morgan fingerprint density at radius 1 is 1.07 bits per heavy atom. The zero-order chi connectivity index (χ0) is 21.5. The van der Waals surface area contributed by atoms with E-state index in [2.05, 4.69) is 10.6 Å². The number of carbonyl (C=O) groups is 2. The molecular formula is C22H19N3O5. The highest BCUT2D eigenvalue weighted by atomic mass is 16.6. The van der Waals surface area contributed by atoms with Crippen molar-refractivity contribution in [2.24, 2.45) is 0 Å². The van der Waals surface area contributed by atoms with E-state index in [0.29, 0.717) is 16.9 Å². The van der Waals surface area contributed by atoms with Crippen LogP contribution < -0.4 is 10.6 Å². The number of nitrogens with zero attached hydrogens (tertiary/aromatic N) is 1. The van der Waals surface area contributed by atoms with Gasteiger partial charge in [-0.3, -0.25) is 19.7 Å². The Hall–Kier alpha value is -4.20. The van der Waals surface area contributed by atoms with Crippen LogP contribution in [0.2, 0.25) is 0 Å². The van der Waals surface area contributed by atoms with Crippen LogP contribution >= 0.6 is 0 Å². The van der Waals surface area contributed by atoms with Crippen molar-refractivity contribution in [1.82, 2.24) is 10.6 Å². The molecule has 0 aliphatic rings. The molecule has 2 amide bonds. The summed E-state index contributed by atoms with van der Waals surface area (Å²) >= 11 is 0. The van der Waals surface area contributed by atoms with E-state index in [1.165, 1.54) is 36.6 Å². The molecule has 0 fully saturated rings. The van der Waals surface area contributed by atoms with Gasteiger partial charge in [0.2, 0.25) is 0 Å². The molecule has 0 saturated carbocycles. The number of hydrogen-bond acceptors (Lipinski definition) is 5. The van der Waals surface area contributed by atoms with Crippen LogP contribution in [0.15, 0.2) is 77.0 Å². The summed E-state index contributed by atoms with van der Waals surface area (Å²) in [5.74, 6) is -0.413. The fraction of sp³-hybridized carbons (Fsp3) is 0.0909. The number of carbonyl (C=O) groups excluding carboxylic acids is 2. The first-order valence-corrected chi connectivity index (χ1v) is 9.07. The molecule has 1 heterocycles. The number of benzene rings is 2. The van der Waals surface area contributed by atoms with Crippen molar-refractivity contribution in [1.29, 1.82) is 0 Å². The van der Waals surface area contributed by atoms with Crippen LogP contribution in [-0.2, 0) is 11.3 Å². The molecule has 30 heavy (non-hydrogen) atoms. The molecule has 2 N–H and O–H groups in total. The lowest BCUT2D eigenvalue weighted by Crippen LogP contribution is -2.34. The number of nitrogens with one attached hydrogen (secondary N) is 2. The van der Waals surface area contributed by atoms with E-state index in [-0.39, 0.29) is 17.9 Å². The minimum atomic E-state index is -0.523. The van der Waals surface area contributed by atoms with Crippen LogP contribution in [0.4, 0.5) is 5.69 Å². The van der Waals surface area contributed by atoms with Gasteiger partial charge in [0.05, 0.1) is 17.7 Å². The molecule has 0 atom stereocenters. The van der Waals surface area contributed by atoms with Crippen molar-refractivity contribution < 1.29 is 18.9 Å². The lowest BCUT2D eigenvalue weighted by Gasteiger charge is -2.11. The maximum Gasteiger partial charge on any atom is 0.269 e. The summed E-state index contributed by atoms with van der Waals surface area (Å²) in [6.45, 7) is 2.05. The maximum absolute atomic E-state index is 12.7. The molecule has 0 radical (unpaired) electrons. The van der Waals surface area contributed by atoms with Crippen molar-refractivity contribution in [2.75, 3.05) is 0 Å². The zero-order valence-corrected chi connectivity index (χ0v) is 16.1. The molecule has 0 aliphatic carbocycles. The first-order valence-electron chi connectivity index (χ1n) is 9.07. The normalized spacial score (nSPS) is 11.0. The van der Waals surface area contributed by atoms with Crippen LogP contribution in [-0.4, -0.2) is 16.7 Å². The molecule has 152 valence electrons. The van der Waals surface area contributed by atoms with Gasteiger partial charge in [0, 0.05) is 17.7 Å². The quantitative estimate of drug-likeness (QED) is 0.354. The third-order valence-electron chi connectivity index (χ3n) is 4.22. The smallest absolute Gasteiger partial charge is 0.269 e. The number of furan rings is 1. The molecule has 3 rings (SSSR count). The van der Waals surface area contributed by atoms with Crippen molar-refractivity contribution in [2.45, 2.75) is 13.5 Å². The second-order valence-corrected chi connectivity index (χ2v) is 6.49. The van der Waals surface area contributed by atoms with E-state index < -0.39 is 16.7 Å². The molecule has 0 unspecified atom stereocenters. The molecule has 8 nitrogen and oxygen atoms in total. The van der Waals surface area contributed by atoms with Gasteiger partial charge in [-0.05, 0) is 55.0 Å². The molecule has 2 aromatic carbocycles. The van der Waals surface area contributed by atoms with Gasteiger partial charge in [0.15, 0.2) is 0 Å². The molecule has 8 heteroatoms. The minimum Gasteiger partial charge on any atom is -0.467 e. The fourth-order valence-corrected chi connectivity index (χ4v) is 2.59. The van der Waals surface area contributed by atoms with Gasteiger partial charge in [-0.25, -0.2) is 0 Å². The van der Waals surface area contributed by atoms with Crippen molar-refractivity contribution in [3.05, 3.63) is 105 Å². The number of non-ortho nitro benzene ring substituents is 1. The van der Waals surface area contributed by atoms with Gasteiger partial charge in [-0.2, -0.15) is 0 Å². The van der Waals surface area contributed by atoms with E-state index in [9.17, 15) is 19.7 Å². The Bertz CT molecular complexity index is 1070. The van der Waals surface area contributed by atoms with Gasteiger partial charge >= 0.3 is 0 Å². The second-order valence-electron chi connectivity index (χ2n) is 6.49. The maximum atomic E-state index is 12.7. The van der Waals surface area contributed by atoms with Crippen molar-refractivity contribution >= 4 is 23.6 Å². The topological polar surface area (TPSA) is 114 Å². The average molecular weight is 405 g/mol. The number of aryl methyl sites for hydroxylation is 1. The highest BCUT2D eigenvalue weighted by Gasteiger charge is 2.15. The van der Waals surface area contributed by atoms with E-state index in [4.69, 9.17) is 4.42 Å². The Labute approximate surface area is 172 Å². The number of rotatable bonds is 7. The van der Waals surface area contributed by atoms with E-state index in [0.717, 1.165) is 5.56 Å². The molecule has 0 aliphatic heterocycles. The number of amides is 2.